The fourth-order valence-corrected chi connectivity index (χ4v) is 2.61. The molecule has 1 aliphatic carbocycles. The van der Waals surface area contributed by atoms with Crippen molar-refractivity contribution in [2.24, 2.45) is 5.92 Å². The van der Waals surface area contributed by atoms with Crippen LogP contribution in [0.25, 0.3) is 0 Å². The summed E-state index contributed by atoms with van der Waals surface area (Å²) in [4.78, 5) is 17.1. The zero-order chi connectivity index (χ0) is 13.0. The number of rotatable bonds is 4. The Morgan fingerprint density at radius 1 is 1.39 bits per heavy atom. The van der Waals surface area contributed by atoms with E-state index in [1.54, 1.807) is 6.07 Å². The van der Waals surface area contributed by atoms with E-state index in [0.29, 0.717) is 0 Å². The van der Waals surface area contributed by atoms with Crippen molar-refractivity contribution in [3.8, 4) is 0 Å². The van der Waals surface area contributed by atoms with E-state index in [-0.39, 0.29) is 5.69 Å². The van der Waals surface area contributed by atoms with Crippen molar-refractivity contribution in [3.05, 3.63) is 23.9 Å². The number of nitrogens with zero attached hydrogens (tertiary/aromatic N) is 2. The number of aromatic nitrogens is 1. The standard InChI is InChI=1S/C14H20N2O2/c1-16(10-11-6-3-2-4-7-11)13-9-5-8-12(15-13)14(17)18/h5,8-9,11H,2-4,6-7,10H2,1H3,(H,17,18). The zero-order valence-electron chi connectivity index (χ0n) is 10.8. The Bertz CT molecular complexity index is 414. The number of pyridine rings is 1. The fourth-order valence-electron chi connectivity index (χ4n) is 2.61. The van der Waals surface area contributed by atoms with Crippen molar-refractivity contribution >= 4 is 11.8 Å². The van der Waals surface area contributed by atoms with Crippen LogP contribution in [0.5, 0.6) is 0 Å². The van der Waals surface area contributed by atoms with E-state index in [1.807, 2.05) is 13.1 Å². The summed E-state index contributed by atoms with van der Waals surface area (Å²) in [6.45, 7) is 0.968. The highest BCUT2D eigenvalue weighted by molar-refractivity contribution is 5.85. The molecule has 0 bridgehead atoms. The molecule has 1 aliphatic rings. The normalized spacial score (nSPS) is 16.5. The highest BCUT2D eigenvalue weighted by atomic mass is 16.4. The third-order valence-corrected chi connectivity index (χ3v) is 3.60. The molecule has 1 aromatic heterocycles. The number of carboxylic acids is 1. The lowest BCUT2D eigenvalue weighted by molar-refractivity contribution is 0.0690. The maximum absolute atomic E-state index is 10.9. The Labute approximate surface area is 108 Å². The van der Waals surface area contributed by atoms with Gasteiger partial charge in [-0.05, 0) is 30.9 Å². The lowest BCUT2D eigenvalue weighted by Gasteiger charge is -2.27. The third-order valence-electron chi connectivity index (χ3n) is 3.60. The minimum absolute atomic E-state index is 0.114. The molecule has 1 N–H and O–H groups in total. The summed E-state index contributed by atoms with van der Waals surface area (Å²) in [6, 6.07) is 5.15. The summed E-state index contributed by atoms with van der Waals surface area (Å²) in [5, 5.41) is 8.93. The first kappa shape index (κ1) is 12.9. The summed E-state index contributed by atoms with van der Waals surface area (Å²) < 4.78 is 0. The quantitative estimate of drug-likeness (QED) is 0.890. The molecular weight excluding hydrogens is 228 g/mol. The molecule has 0 aliphatic heterocycles. The molecule has 1 fully saturated rings. The van der Waals surface area contributed by atoms with Gasteiger partial charge in [0.2, 0.25) is 0 Å². The molecule has 0 aromatic carbocycles. The van der Waals surface area contributed by atoms with E-state index in [1.165, 1.54) is 38.2 Å². The number of carboxylic acid groups (broad SMARTS) is 1. The lowest BCUT2D eigenvalue weighted by Crippen LogP contribution is -2.27. The first-order valence-electron chi connectivity index (χ1n) is 6.58. The van der Waals surface area contributed by atoms with Gasteiger partial charge in [0.25, 0.3) is 0 Å². The Morgan fingerprint density at radius 3 is 2.78 bits per heavy atom. The molecule has 0 unspecified atom stereocenters. The maximum atomic E-state index is 10.9. The molecule has 2 rings (SSSR count). The number of carbonyl (C=O) groups is 1. The Kier molecular flexibility index (Phi) is 4.18. The molecule has 0 saturated heterocycles. The van der Waals surface area contributed by atoms with E-state index < -0.39 is 5.97 Å². The van der Waals surface area contributed by atoms with E-state index in [9.17, 15) is 4.79 Å². The molecule has 98 valence electrons. The van der Waals surface area contributed by atoms with Crippen LogP contribution in [-0.4, -0.2) is 29.7 Å². The maximum Gasteiger partial charge on any atom is 0.354 e. The van der Waals surface area contributed by atoms with Gasteiger partial charge in [0.15, 0.2) is 5.69 Å². The second-order valence-electron chi connectivity index (χ2n) is 5.07. The van der Waals surface area contributed by atoms with Gasteiger partial charge in [-0.1, -0.05) is 25.3 Å². The molecular formula is C14H20N2O2. The largest absolute Gasteiger partial charge is 0.477 e. The summed E-state index contributed by atoms with van der Waals surface area (Å²) >= 11 is 0. The second kappa shape index (κ2) is 5.85. The van der Waals surface area contributed by atoms with E-state index in [4.69, 9.17) is 5.11 Å². The number of hydrogen-bond acceptors (Lipinski definition) is 3. The smallest absolute Gasteiger partial charge is 0.354 e. The van der Waals surface area contributed by atoms with Gasteiger partial charge in [0.05, 0.1) is 0 Å². The average molecular weight is 248 g/mol. The van der Waals surface area contributed by atoms with Gasteiger partial charge in [-0.25, -0.2) is 9.78 Å². The SMILES string of the molecule is CN(CC1CCCCC1)c1cccc(C(=O)O)n1. The summed E-state index contributed by atoms with van der Waals surface area (Å²) in [5.74, 6) is 0.502. The third kappa shape index (κ3) is 3.22. The van der Waals surface area contributed by atoms with Crippen LogP contribution < -0.4 is 4.90 Å². The minimum Gasteiger partial charge on any atom is -0.477 e. The topological polar surface area (TPSA) is 53.4 Å². The van der Waals surface area contributed by atoms with Crippen LogP contribution in [0.3, 0.4) is 0 Å². The highest BCUT2D eigenvalue weighted by Crippen LogP contribution is 2.25. The Morgan fingerprint density at radius 2 is 2.11 bits per heavy atom. The van der Waals surface area contributed by atoms with Crippen LogP contribution in [0.4, 0.5) is 5.82 Å². The first-order valence-corrected chi connectivity index (χ1v) is 6.58. The van der Waals surface area contributed by atoms with Gasteiger partial charge in [-0.15, -0.1) is 0 Å². The Hall–Kier alpha value is -1.58. The van der Waals surface area contributed by atoms with E-state index in [0.717, 1.165) is 18.3 Å². The molecule has 4 heteroatoms. The van der Waals surface area contributed by atoms with Gasteiger partial charge in [-0.2, -0.15) is 0 Å². The van der Waals surface area contributed by atoms with Crippen molar-refractivity contribution in [1.29, 1.82) is 0 Å². The van der Waals surface area contributed by atoms with Crippen LogP contribution >= 0.6 is 0 Å². The number of hydrogen-bond donors (Lipinski definition) is 1. The van der Waals surface area contributed by atoms with Gasteiger partial charge in [0.1, 0.15) is 5.82 Å². The molecule has 18 heavy (non-hydrogen) atoms. The van der Waals surface area contributed by atoms with Crippen LogP contribution in [0.1, 0.15) is 42.6 Å². The predicted molar refractivity (Wildman–Crippen MR) is 71.0 cm³/mol. The summed E-state index contributed by atoms with van der Waals surface area (Å²) in [7, 11) is 1.99. The Balaban J connectivity index is 2.01. The zero-order valence-corrected chi connectivity index (χ0v) is 10.8. The van der Waals surface area contributed by atoms with Crippen LogP contribution in [0.2, 0.25) is 0 Å². The van der Waals surface area contributed by atoms with Crippen molar-refractivity contribution < 1.29 is 9.90 Å². The van der Waals surface area contributed by atoms with E-state index >= 15 is 0 Å². The summed E-state index contributed by atoms with van der Waals surface area (Å²) in [5.41, 5.74) is 0.114. The van der Waals surface area contributed by atoms with Gasteiger partial charge in [-0.3, -0.25) is 0 Å². The van der Waals surface area contributed by atoms with Crippen LogP contribution in [-0.2, 0) is 0 Å². The first-order chi connectivity index (χ1) is 8.66. The molecule has 0 atom stereocenters. The molecule has 0 amide bonds. The molecule has 1 heterocycles. The van der Waals surface area contributed by atoms with Crippen molar-refractivity contribution in [3.63, 3.8) is 0 Å². The summed E-state index contributed by atoms with van der Waals surface area (Å²) in [6.07, 6.45) is 6.56. The van der Waals surface area contributed by atoms with Gasteiger partial charge in [0, 0.05) is 13.6 Å². The fraction of sp³-hybridized carbons (Fsp3) is 0.571. The second-order valence-corrected chi connectivity index (χ2v) is 5.07. The number of aromatic carboxylic acids is 1. The van der Waals surface area contributed by atoms with Gasteiger partial charge >= 0.3 is 5.97 Å². The molecule has 4 nitrogen and oxygen atoms in total. The molecule has 0 radical (unpaired) electrons. The minimum atomic E-state index is -0.970. The van der Waals surface area contributed by atoms with Gasteiger partial charge < -0.3 is 10.0 Å². The average Bonchev–Trinajstić information content (AvgIpc) is 2.40. The molecule has 0 spiro atoms. The van der Waals surface area contributed by atoms with Crippen molar-refractivity contribution in [2.75, 3.05) is 18.5 Å². The van der Waals surface area contributed by atoms with Crippen molar-refractivity contribution in [1.82, 2.24) is 4.98 Å². The highest BCUT2D eigenvalue weighted by Gasteiger charge is 2.16. The molecule has 1 aromatic rings. The molecule has 1 saturated carbocycles. The van der Waals surface area contributed by atoms with Crippen molar-refractivity contribution in [2.45, 2.75) is 32.1 Å². The van der Waals surface area contributed by atoms with E-state index in [2.05, 4.69) is 9.88 Å². The van der Waals surface area contributed by atoms with Crippen LogP contribution in [0, 0.1) is 5.92 Å². The van der Waals surface area contributed by atoms with Crippen LogP contribution in [0.15, 0.2) is 18.2 Å². The lowest BCUT2D eigenvalue weighted by atomic mass is 9.89. The predicted octanol–water partition coefficient (Wildman–Crippen LogP) is 2.80. The number of anilines is 1. The monoisotopic (exact) mass is 248 g/mol.